The van der Waals surface area contributed by atoms with E-state index in [1.165, 1.54) is 6.07 Å². The van der Waals surface area contributed by atoms with Gasteiger partial charge in [-0.3, -0.25) is 5.10 Å². The van der Waals surface area contributed by atoms with Crippen molar-refractivity contribution in [1.29, 1.82) is 0 Å². The Balaban J connectivity index is 2.51. The van der Waals surface area contributed by atoms with Crippen LogP contribution in [-0.2, 0) is 6.18 Å². The van der Waals surface area contributed by atoms with E-state index >= 15 is 0 Å². The number of hydrogen-bond acceptors (Lipinski definition) is 3. The first-order chi connectivity index (χ1) is 8.80. The monoisotopic (exact) mass is 272 g/mol. The highest BCUT2D eigenvalue weighted by atomic mass is 19.4. The van der Waals surface area contributed by atoms with Gasteiger partial charge in [-0.15, -0.1) is 0 Å². The fourth-order valence-corrected chi connectivity index (χ4v) is 1.53. The highest BCUT2D eigenvalue weighted by molar-refractivity contribution is 5.91. The molecule has 8 heteroatoms. The normalized spacial score (nSPS) is 11.5. The van der Waals surface area contributed by atoms with Crippen LogP contribution in [0.4, 0.5) is 13.2 Å². The number of halogens is 3. The fraction of sp³-hybridized carbons (Fsp3) is 0.0909. The number of aromatic nitrogens is 2. The summed E-state index contributed by atoms with van der Waals surface area (Å²) in [5.74, 6) is -2.16. The third-order valence-electron chi connectivity index (χ3n) is 2.42. The maximum Gasteiger partial charge on any atom is 0.416 e. The number of H-pyrrole nitrogens is 1. The molecule has 0 radical (unpaired) electrons. The first kappa shape index (κ1) is 12.9. The maximum atomic E-state index is 12.5. The zero-order valence-electron chi connectivity index (χ0n) is 9.19. The van der Waals surface area contributed by atoms with Gasteiger partial charge in [-0.2, -0.15) is 18.3 Å². The van der Waals surface area contributed by atoms with Crippen molar-refractivity contribution >= 4 is 5.97 Å². The Labute approximate surface area is 104 Å². The van der Waals surface area contributed by atoms with Crippen LogP contribution in [-0.4, -0.2) is 26.4 Å². The molecule has 0 aliphatic carbocycles. The molecular weight excluding hydrogens is 265 g/mol. The van der Waals surface area contributed by atoms with Gasteiger partial charge in [-0.05, 0) is 12.1 Å². The second-order valence-corrected chi connectivity index (χ2v) is 3.68. The van der Waals surface area contributed by atoms with Crippen molar-refractivity contribution in [3.8, 4) is 17.0 Å². The van der Waals surface area contributed by atoms with Crippen LogP contribution in [0.1, 0.15) is 16.1 Å². The molecule has 0 aliphatic rings. The Bertz CT molecular complexity index is 634. The predicted octanol–water partition coefficient (Wildman–Crippen LogP) is 2.50. The quantitative estimate of drug-likeness (QED) is 0.784. The Morgan fingerprint density at radius 1 is 1.32 bits per heavy atom. The summed E-state index contributed by atoms with van der Waals surface area (Å²) in [6.07, 6.45) is -4.53. The van der Waals surface area contributed by atoms with E-state index < -0.39 is 29.2 Å². The van der Waals surface area contributed by atoms with Gasteiger partial charge >= 0.3 is 12.1 Å². The number of nitrogens with zero attached hydrogens (tertiary/aromatic N) is 1. The lowest BCUT2D eigenvalue weighted by Gasteiger charge is -2.07. The number of carboxylic acid groups (broad SMARTS) is 1. The van der Waals surface area contributed by atoms with E-state index in [2.05, 4.69) is 5.10 Å². The number of benzene rings is 1. The average molecular weight is 272 g/mol. The lowest BCUT2D eigenvalue weighted by molar-refractivity contribution is -0.137. The van der Waals surface area contributed by atoms with E-state index in [4.69, 9.17) is 5.11 Å². The van der Waals surface area contributed by atoms with Crippen molar-refractivity contribution in [3.05, 3.63) is 35.5 Å². The molecule has 1 heterocycles. The van der Waals surface area contributed by atoms with Crippen LogP contribution in [0.2, 0.25) is 0 Å². The first-order valence-electron chi connectivity index (χ1n) is 4.99. The standard InChI is InChI=1S/C11H7F3N2O3/c12-11(13,14)6-3-1-2-5(4-6)7-9(17)8(10(18)19)16-15-7/h1-4,17H,(H,15,16)(H,18,19). The summed E-state index contributed by atoms with van der Waals surface area (Å²) in [5, 5.41) is 23.8. The Kier molecular flexibility index (Phi) is 2.93. The number of nitrogens with one attached hydrogen (secondary N) is 1. The molecule has 1 aromatic heterocycles. The van der Waals surface area contributed by atoms with Crippen molar-refractivity contribution in [2.75, 3.05) is 0 Å². The minimum absolute atomic E-state index is 0.0314. The second kappa shape index (κ2) is 4.30. The molecular formula is C11H7F3N2O3. The van der Waals surface area contributed by atoms with Gasteiger partial charge in [0.25, 0.3) is 0 Å². The predicted molar refractivity (Wildman–Crippen MR) is 57.6 cm³/mol. The first-order valence-corrected chi connectivity index (χ1v) is 4.99. The van der Waals surface area contributed by atoms with Crippen LogP contribution < -0.4 is 0 Å². The molecule has 3 N–H and O–H groups in total. The Morgan fingerprint density at radius 3 is 2.53 bits per heavy atom. The molecule has 19 heavy (non-hydrogen) atoms. The molecule has 2 aromatic rings. The number of alkyl halides is 3. The number of carboxylic acids is 1. The van der Waals surface area contributed by atoms with Crippen molar-refractivity contribution in [2.24, 2.45) is 0 Å². The average Bonchev–Trinajstić information content (AvgIpc) is 2.70. The van der Waals surface area contributed by atoms with Crippen LogP contribution in [0.5, 0.6) is 5.75 Å². The Hall–Kier alpha value is -2.51. The van der Waals surface area contributed by atoms with E-state index in [0.717, 1.165) is 18.2 Å². The number of rotatable bonds is 2. The molecule has 1 aromatic carbocycles. The minimum atomic E-state index is -4.53. The number of hydrogen-bond donors (Lipinski definition) is 3. The van der Waals surface area contributed by atoms with Gasteiger partial charge in [0.2, 0.25) is 0 Å². The van der Waals surface area contributed by atoms with Gasteiger partial charge in [-0.25, -0.2) is 4.79 Å². The van der Waals surface area contributed by atoms with Crippen molar-refractivity contribution < 1.29 is 28.2 Å². The highest BCUT2D eigenvalue weighted by Gasteiger charge is 2.31. The maximum absolute atomic E-state index is 12.5. The third kappa shape index (κ3) is 2.37. The van der Waals surface area contributed by atoms with Gasteiger partial charge in [-0.1, -0.05) is 12.1 Å². The number of carbonyl (C=O) groups is 1. The van der Waals surface area contributed by atoms with Crippen molar-refractivity contribution in [1.82, 2.24) is 10.2 Å². The molecule has 0 saturated heterocycles. The molecule has 0 amide bonds. The van der Waals surface area contributed by atoms with Crippen LogP contribution in [0, 0.1) is 0 Å². The summed E-state index contributed by atoms with van der Waals surface area (Å²) in [5.41, 5.74) is -1.77. The molecule has 0 fully saturated rings. The summed E-state index contributed by atoms with van der Waals surface area (Å²) in [4.78, 5) is 10.7. The highest BCUT2D eigenvalue weighted by Crippen LogP contribution is 2.34. The Morgan fingerprint density at radius 2 is 2.00 bits per heavy atom. The zero-order valence-corrected chi connectivity index (χ0v) is 9.19. The lowest BCUT2D eigenvalue weighted by Crippen LogP contribution is -2.04. The third-order valence-corrected chi connectivity index (χ3v) is 2.42. The van der Waals surface area contributed by atoms with E-state index in [1.54, 1.807) is 0 Å². The molecule has 0 atom stereocenters. The molecule has 0 spiro atoms. The van der Waals surface area contributed by atoms with E-state index in [1.807, 2.05) is 5.10 Å². The smallest absolute Gasteiger partial charge is 0.416 e. The summed E-state index contributed by atoms with van der Waals surface area (Å²) < 4.78 is 37.6. The van der Waals surface area contributed by atoms with Gasteiger partial charge in [0.1, 0.15) is 5.69 Å². The summed E-state index contributed by atoms with van der Waals surface area (Å²) >= 11 is 0. The van der Waals surface area contributed by atoms with Crippen LogP contribution >= 0.6 is 0 Å². The summed E-state index contributed by atoms with van der Waals surface area (Å²) in [6, 6.07) is 4.08. The largest absolute Gasteiger partial charge is 0.504 e. The van der Waals surface area contributed by atoms with Gasteiger partial charge in [0, 0.05) is 5.56 Å². The van der Waals surface area contributed by atoms with Crippen LogP contribution in [0.3, 0.4) is 0 Å². The van der Waals surface area contributed by atoms with E-state index in [0.29, 0.717) is 0 Å². The zero-order chi connectivity index (χ0) is 14.2. The van der Waals surface area contributed by atoms with Crippen molar-refractivity contribution in [2.45, 2.75) is 6.18 Å². The lowest BCUT2D eigenvalue weighted by atomic mass is 10.1. The summed E-state index contributed by atoms with van der Waals surface area (Å²) in [7, 11) is 0. The number of aromatic carboxylic acids is 1. The molecule has 0 saturated carbocycles. The van der Waals surface area contributed by atoms with Crippen molar-refractivity contribution in [3.63, 3.8) is 0 Å². The molecule has 0 unspecified atom stereocenters. The summed E-state index contributed by atoms with van der Waals surface area (Å²) in [6.45, 7) is 0. The number of aromatic hydroxyl groups is 1. The van der Waals surface area contributed by atoms with E-state index in [-0.39, 0.29) is 11.3 Å². The fourth-order valence-electron chi connectivity index (χ4n) is 1.53. The second-order valence-electron chi connectivity index (χ2n) is 3.68. The van der Waals surface area contributed by atoms with Crippen LogP contribution in [0.15, 0.2) is 24.3 Å². The van der Waals surface area contributed by atoms with Gasteiger partial charge in [0.15, 0.2) is 11.4 Å². The van der Waals surface area contributed by atoms with Gasteiger partial charge in [0.05, 0.1) is 5.56 Å². The SMILES string of the molecule is O=C(O)c1[nH]nc(-c2cccc(C(F)(F)F)c2)c1O. The van der Waals surface area contributed by atoms with Crippen LogP contribution in [0.25, 0.3) is 11.3 Å². The number of aromatic amines is 1. The molecule has 0 bridgehead atoms. The molecule has 2 rings (SSSR count). The minimum Gasteiger partial charge on any atom is -0.504 e. The molecule has 0 aliphatic heterocycles. The molecule has 5 nitrogen and oxygen atoms in total. The van der Waals surface area contributed by atoms with E-state index in [9.17, 15) is 23.1 Å². The molecule has 100 valence electrons. The topological polar surface area (TPSA) is 86.2 Å². The van der Waals surface area contributed by atoms with Gasteiger partial charge < -0.3 is 10.2 Å².